The molecule has 1 aromatic carbocycles. The Balaban J connectivity index is 2.59. The van der Waals surface area contributed by atoms with Crippen molar-refractivity contribution in [2.45, 2.75) is 6.92 Å². The smallest absolute Gasteiger partial charge is 0.158 e. The molecule has 0 N–H and O–H groups in total. The summed E-state index contributed by atoms with van der Waals surface area (Å²) in [5.74, 6) is 0.407. The van der Waals surface area contributed by atoms with Gasteiger partial charge in [-0.05, 0) is 13.6 Å². The molecule has 0 radical (unpaired) electrons. The van der Waals surface area contributed by atoms with Crippen LogP contribution < -0.4 is 0 Å². The number of rotatable bonds is 4. The van der Waals surface area contributed by atoms with Crippen molar-refractivity contribution in [1.82, 2.24) is 9.97 Å². The Morgan fingerprint density at radius 2 is 2.05 bits per heavy atom. The molecule has 0 aliphatic heterocycles. The molecule has 0 aliphatic rings. The summed E-state index contributed by atoms with van der Waals surface area (Å²) in [5.41, 5.74) is 2.24. The first-order valence-corrected chi connectivity index (χ1v) is 6.73. The van der Waals surface area contributed by atoms with E-state index in [1.807, 2.05) is 30.3 Å². The van der Waals surface area contributed by atoms with Gasteiger partial charge in [-0.2, -0.15) is 5.26 Å². The van der Waals surface area contributed by atoms with Crippen LogP contribution in [-0.2, 0) is 0 Å². The number of aromatic nitrogens is 2. The number of nitrogens with zero attached hydrogens (tertiary/aromatic N) is 5. The molecule has 6 heteroatoms. The molecule has 0 atom stereocenters. The van der Waals surface area contributed by atoms with Gasteiger partial charge in [0.25, 0.3) is 0 Å². The average molecular weight is 310 g/mol. The summed E-state index contributed by atoms with van der Waals surface area (Å²) in [6.07, 6.45) is 2.87. The third-order valence-electron chi connectivity index (χ3n) is 2.79. The van der Waals surface area contributed by atoms with E-state index in [-0.39, 0.29) is 10.7 Å². The van der Waals surface area contributed by atoms with Crippen molar-refractivity contribution in [2.75, 3.05) is 0 Å². The van der Waals surface area contributed by atoms with Gasteiger partial charge in [-0.15, -0.1) is 0 Å². The highest BCUT2D eigenvalue weighted by Gasteiger charge is 2.15. The highest BCUT2D eigenvalue weighted by Crippen LogP contribution is 2.27. The number of halogens is 1. The number of aliphatic imine (C=N–C) groups is 2. The van der Waals surface area contributed by atoms with Crippen LogP contribution >= 0.6 is 11.6 Å². The second kappa shape index (κ2) is 7.25. The molecule has 0 aliphatic carbocycles. The molecule has 1 heterocycles. The zero-order valence-corrected chi connectivity index (χ0v) is 12.6. The van der Waals surface area contributed by atoms with E-state index in [2.05, 4.69) is 32.7 Å². The minimum atomic E-state index is 0.116. The fraction of sp³-hybridized carbons (Fsp3) is 0.0625. The van der Waals surface area contributed by atoms with E-state index in [0.717, 1.165) is 5.56 Å². The molecular formula is C16H12ClN5. The van der Waals surface area contributed by atoms with Gasteiger partial charge in [0.15, 0.2) is 11.0 Å². The standard InChI is InChI=1S/C16H12ClN5/c1-11(9-20-10-19-2)16-21-14(12-6-4-3-5-7-12)13(8-18)15(17)22-16/h3-7,9-10H,2H2,1H3/b11-9+,20-10?. The van der Waals surface area contributed by atoms with Crippen LogP contribution in [0, 0.1) is 11.3 Å². The van der Waals surface area contributed by atoms with Crippen LogP contribution in [0.5, 0.6) is 0 Å². The maximum atomic E-state index is 9.29. The van der Waals surface area contributed by atoms with Crippen LogP contribution in [0.1, 0.15) is 18.3 Å². The number of benzene rings is 1. The Morgan fingerprint density at radius 3 is 2.68 bits per heavy atom. The Hall–Kier alpha value is -2.84. The molecule has 0 spiro atoms. The number of allylic oxidation sites excluding steroid dienone is 1. The van der Waals surface area contributed by atoms with Crippen LogP contribution in [0.25, 0.3) is 16.8 Å². The minimum absolute atomic E-state index is 0.116. The lowest BCUT2D eigenvalue weighted by atomic mass is 10.1. The van der Waals surface area contributed by atoms with E-state index < -0.39 is 0 Å². The molecule has 5 nitrogen and oxygen atoms in total. The van der Waals surface area contributed by atoms with Crippen molar-refractivity contribution in [2.24, 2.45) is 9.98 Å². The zero-order chi connectivity index (χ0) is 15.9. The molecule has 0 bridgehead atoms. The van der Waals surface area contributed by atoms with Gasteiger partial charge in [-0.25, -0.2) is 15.0 Å². The predicted octanol–water partition coefficient (Wildman–Crippen LogP) is 3.76. The fourth-order valence-electron chi connectivity index (χ4n) is 1.76. The molecule has 2 rings (SSSR count). The Labute approximate surface area is 133 Å². The number of nitriles is 1. The minimum Gasteiger partial charge on any atom is -0.253 e. The van der Waals surface area contributed by atoms with Gasteiger partial charge in [0.05, 0.1) is 5.69 Å². The predicted molar refractivity (Wildman–Crippen MR) is 88.9 cm³/mol. The third kappa shape index (κ3) is 3.43. The van der Waals surface area contributed by atoms with Crippen molar-refractivity contribution in [3.63, 3.8) is 0 Å². The fourth-order valence-corrected chi connectivity index (χ4v) is 1.98. The van der Waals surface area contributed by atoms with Crippen LogP contribution in [0.3, 0.4) is 0 Å². The second-order valence-corrected chi connectivity index (χ2v) is 4.66. The van der Waals surface area contributed by atoms with E-state index in [1.165, 1.54) is 6.34 Å². The first kappa shape index (κ1) is 15.5. The topological polar surface area (TPSA) is 74.3 Å². The quantitative estimate of drug-likeness (QED) is 0.490. The molecule has 108 valence electrons. The van der Waals surface area contributed by atoms with Gasteiger partial charge in [-0.3, -0.25) is 4.99 Å². The molecule has 0 saturated carbocycles. The van der Waals surface area contributed by atoms with Crippen molar-refractivity contribution >= 4 is 30.2 Å². The maximum Gasteiger partial charge on any atom is 0.158 e. The largest absolute Gasteiger partial charge is 0.253 e. The van der Waals surface area contributed by atoms with Crippen LogP contribution in [-0.4, -0.2) is 23.0 Å². The summed E-state index contributed by atoms with van der Waals surface area (Å²) in [5, 5.41) is 9.41. The summed E-state index contributed by atoms with van der Waals surface area (Å²) in [6, 6.07) is 11.4. The van der Waals surface area contributed by atoms with E-state index in [9.17, 15) is 5.26 Å². The average Bonchev–Trinajstić information content (AvgIpc) is 2.55. The van der Waals surface area contributed by atoms with Gasteiger partial charge < -0.3 is 0 Å². The lowest BCUT2D eigenvalue weighted by Gasteiger charge is -2.08. The first-order valence-electron chi connectivity index (χ1n) is 6.35. The van der Waals surface area contributed by atoms with Crippen LogP contribution in [0.15, 0.2) is 46.5 Å². The molecule has 2 aromatic rings. The molecule has 22 heavy (non-hydrogen) atoms. The summed E-state index contributed by atoms with van der Waals surface area (Å²) >= 11 is 6.12. The normalized spacial score (nSPS) is 11.4. The van der Waals surface area contributed by atoms with Gasteiger partial charge >= 0.3 is 0 Å². The highest BCUT2D eigenvalue weighted by molar-refractivity contribution is 6.31. The summed E-state index contributed by atoms with van der Waals surface area (Å²) < 4.78 is 0. The molecule has 0 amide bonds. The van der Waals surface area contributed by atoms with Gasteiger partial charge in [-0.1, -0.05) is 41.9 Å². The second-order valence-electron chi connectivity index (χ2n) is 4.30. The third-order valence-corrected chi connectivity index (χ3v) is 3.07. The van der Waals surface area contributed by atoms with E-state index >= 15 is 0 Å². The lowest BCUT2D eigenvalue weighted by molar-refractivity contribution is 1.10. The Bertz CT molecular complexity index is 788. The van der Waals surface area contributed by atoms with E-state index in [4.69, 9.17) is 11.6 Å². The highest BCUT2D eigenvalue weighted by atomic mass is 35.5. The summed E-state index contributed by atoms with van der Waals surface area (Å²) in [7, 11) is 0. The molecule has 0 fully saturated rings. The number of hydrogen-bond donors (Lipinski definition) is 0. The molecular weight excluding hydrogens is 298 g/mol. The van der Waals surface area contributed by atoms with Crippen molar-refractivity contribution in [3.8, 4) is 17.3 Å². The maximum absolute atomic E-state index is 9.29. The molecule has 0 saturated heterocycles. The Kier molecular flexibility index (Phi) is 5.12. The van der Waals surface area contributed by atoms with Crippen LogP contribution in [0.4, 0.5) is 0 Å². The molecule has 1 aromatic heterocycles. The number of hydrogen-bond acceptors (Lipinski definition) is 4. The lowest BCUT2D eigenvalue weighted by Crippen LogP contribution is -2.00. The van der Waals surface area contributed by atoms with Crippen molar-refractivity contribution in [1.29, 1.82) is 5.26 Å². The van der Waals surface area contributed by atoms with Crippen molar-refractivity contribution < 1.29 is 0 Å². The summed E-state index contributed by atoms with van der Waals surface area (Å²) in [6.45, 7) is 5.10. The van der Waals surface area contributed by atoms with Gasteiger partial charge in [0, 0.05) is 17.3 Å². The zero-order valence-electron chi connectivity index (χ0n) is 11.9. The Morgan fingerprint density at radius 1 is 1.32 bits per heavy atom. The van der Waals surface area contributed by atoms with Crippen LogP contribution in [0.2, 0.25) is 5.15 Å². The first-order chi connectivity index (χ1) is 10.7. The van der Waals surface area contributed by atoms with E-state index in [0.29, 0.717) is 17.1 Å². The van der Waals surface area contributed by atoms with E-state index in [1.54, 1.807) is 13.1 Å². The van der Waals surface area contributed by atoms with Gasteiger partial charge in [0.2, 0.25) is 0 Å². The van der Waals surface area contributed by atoms with Gasteiger partial charge in [0.1, 0.15) is 18.0 Å². The molecule has 0 unspecified atom stereocenters. The summed E-state index contributed by atoms with van der Waals surface area (Å²) in [4.78, 5) is 16.1. The SMILES string of the molecule is C=NC=N/C=C(\C)c1nc(Cl)c(C#N)c(-c2ccccc2)n1. The van der Waals surface area contributed by atoms with Crippen molar-refractivity contribution in [3.05, 3.63) is 53.1 Å². The monoisotopic (exact) mass is 309 g/mol.